The lowest BCUT2D eigenvalue weighted by Crippen LogP contribution is -2.43. The summed E-state index contributed by atoms with van der Waals surface area (Å²) >= 11 is 0. The number of anilines is 1. The number of benzene rings is 1. The Bertz CT molecular complexity index is 1210. The third-order valence-corrected chi connectivity index (χ3v) is 8.02. The van der Waals surface area contributed by atoms with E-state index in [0.29, 0.717) is 30.3 Å². The first-order valence-corrected chi connectivity index (χ1v) is 13.2. The Kier molecular flexibility index (Phi) is 6.31. The van der Waals surface area contributed by atoms with E-state index in [0.717, 1.165) is 38.5 Å². The van der Waals surface area contributed by atoms with Gasteiger partial charge >= 0.3 is 0 Å². The lowest BCUT2D eigenvalue weighted by molar-refractivity contribution is -0.0298. The molecule has 2 aromatic heterocycles. The molecule has 2 saturated heterocycles. The van der Waals surface area contributed by atoms with Crippen molar-refractivity contribution in [2.24, 2.45) is 0 Å². The van der Waals surface area contributed by atoms with Gasteiger partial charge in [0.25, 0.3) is 0 Å². The van der Waals surface area contributed by atoms with Gasteiger partial charge in [0.2, 0.25) is 15.8 Å². The number of fused-ring (bicyclic) bond motifs is 1. The molecule has 1 aromatic carbocycles. The summed E-state index contributed by atoms with van der Waals surface area (Å²) < 4.78 is 34.9. The van der Waals surface area contributed by atoms with Gasteiger partial charge in [-0.05, 0) is 44.1 Å². The van der Waals surface area contributed by atoms with Gasteiger partial charge < -0.3 is 14.7 Å². The number of aliphatic hydroxyl groups is 1. The molecule has 33 heavy (non-hydrogen) atoms. The largest absolute Gasteiger partial charge is 0.394 e. The van der Waals surface area contributed by atoms with E-state index in [1.807, 2.05) is 27.7 Å². The lowest BCUT2D eigenvalue weighted by Gasteiger charge is -2.34. The Balaban J connectivity index is 1.64. The molecule has 5 rings (SSSR count). The maximum Gasteiger partial charge on any atom is 0.229 e. The van der Waals surface area contributed by atoms with Crippen molar-refractivity contribution < 1.29 is 18.3 Å². The molecule has 176 valence electrons. The summed E-state index contributed by atoms with van der Waals surface area (Å²) in [7, 11) is -3.80. The molecule has 4 heterocycles. The highest BCUT2D eigenvalue weighted by Gasteiger charge is 2.31. The Morgan fingerprint density at radius 2 is 1.88 bits per heavy atom. The predicted octanol–water partition coefficient (Wildman–Crippen LogP) is 2.85. The van der Waals surface area contributed by atoms with Crippen LogP contribution in [-0.4, -0.2) is 58.8 Å². The summed E-state index contributed by atoms with van der Waals surface area (Å²) in [6, 6.07) is 8.94. The summed E-state index contributed by atoms with van der Waals surface area (Å²) in [4.78, 5) is 15.7. The van der Waals surface area contributed by atoms with Crippen LogP contribution in [0.3, 0.4) is 0 Å². The SMILES string of the molecule is O=S(=O)(Cc1ccccc1)c1nc(N2CCCCC2CO)nc2c1ncn2C1CCCCO1. The van der Waals surface area contributed by atoms with Crippen molar-refractivity contribution in [2.45, 2.75) is 61.6 Å². The van der Waals surface area contributed by atoms with Crippen molar-refractivity contribution in [3.8, 4) is 0 Å². The third kappa shape index (κ3) is 4.47. The molecular formula is C23H29N5O4S. The van der Waals surface area contributed by atoms with Crippen LogP contribution in [-0.2, 0) is 20.3 Å². The highest BCUT2D eigenvalue weighted by atomic mass is 32.2. The fourth-order valence-corrected chi connectivity index (χ4v) is 6.12. The van der Waals surface area contributed by atoms with Gasteiger partial charge in [0, 0.05) is 13.2 Å². The third-order valence-electron chi connectivity index (χ3n) is 6.43. The molecule has 0 bridgehead atoms. The molecule has 3 aromatic rings. The summed E-state index contributed by atoms with van der Waals surface area (Å²) in [6.07, 6.45) is 7.00. The van der Waals surface area contributed by atoms with Gasteiger partial charge in [0.05, 0.1) is 24.7 Å². The summed E-state index contributed by atoms with van der Waals surface area (Å²) in [5.41, 5.74) is 1.41. The van der Waals surface area contributed by atoms with E-state index in [-0.39, 0.29) is 35.2 Å². The van der Waals surface area contributed by atoms with Crippen molar-refractivity contribution >= 4 is 26.9 Å². The maximum absolute atomic E-state index is 13.5. The first-order valence-electron chi connectivity index (χ1n) is 11.6. The van der Waals surface area contributed by atoms with Crippen LogP contribution in [0.2, 0.25) is 0 Å². The van der Waals surface area contributed by atoms with Crippen LogP contribution in [0.1, 0.15) is 50.3 Å². The molecule has 0 radical (unpaired) electrons. The van der Waals surface area contributed by atoms with E-state index < -0.39 is 9.84 Å². The standard InChI is InChI=1S/C23H29N5O4S/c29-14-18-10-4-6-12-27(18)23-25-21-20(24-16-28(21)19-11-5-7-13-32-19)22(26-23)33(30,31)15-17-8-2-1-3-9-17/h1-3,8-9,16,18-19,29H,4-7,10-15H2. The van der Waals surface area contributed by atoms with Crippen LogP contribution >= 0.6 is 0 Å². The fourth-order valence-electron chi connectivity index (χ4n) is 4.69. The average Bonchev–Trinajstić information content (AvgIpc) is 3.28. The molecule has 2 aliphatic heterocycles. The molecule has 2 unspecified atom stereocenters. The van der Waals surface area contributed by atoms with Gasteiger partial charge in [-0.15, -0.1) is 0 Å². The molecule has 0 saturated carbocycles. The molecule has 0 aliphatic carbocycles. The number of hydrogen-bond acceptors (Lipinski definition) is 8. The zero-order valence-corrected chi connectivity index (χ0v) is 19.3. The zero-order valence-electron chi connectivity index (χ0n) is 18.5. The topological polar surface area (TPSA) is 110 Å². The van der Waals surface area contributed by atoms with Gasteiger partial charge in [-0.1, -0.05) is 30.3 Å². The van der Waals surface area contributed by atoms with Crippen molar-refractivity contribution in [2.75, 3.05) is 24.7 Å². The number of sulfone groups is 1. The number of aromatic nitrogens is 4. The number of nitrogens with zero attached hydrogens (tertiary/aromatic N) is 5. The number of rotatable bonds is 6. The number of ether oxygens (including phenoxy) is 1. The lowest BCUT2D eigenvalue weighted by atomic mass is 10.0. The molecule has 10 heteroatoms. The summed E-state index contributed by atoms with van der Waals surface area (Å²) in [5, 5.41) is 9.86. The van der Waals surface area contributed by atoms with Gasteiger partial charge in [-0.25, -0.2) is 13.4 Å². The second-order valence-electron chi connectivity index (χ2n) is 8.74. The smallest absolute Gasteiger partial charge is 0.229 e. The van der Waals surface area contributed by atoms with Gasteiger partial charge in [0.15, 0.2) is 10.7 Å². The summed E-state index contributed by atoms with van der Waals surface area (Å²) in [6.45, 7) is 1.29. The van der Waals surface area contributed by atoms with E-state index in [4.69, 9.17) is 9.72 Å². The van der Waals surface area contributed by atoms with Crippen molar-refractivity contribution in [1.82, 2.24) is 19.5 Å². The first-order chi connectivity index (χ1) is 16.1. The van der Waals surface area contributed by atoms with Crippen LogP contribution < -0.4 is 4.90 Å². The van der Waals surface area contributed by atoms with Crippen molar-refractivity contribution in [1.29, 1.82) is 0 Å². The van der Waals surface area contributed by atoms with Crippen LogP contribution in [0.25, 0.3) is 11.2 Å². The number of imidazole rings is 1. The second-order valence-corrected chi connectivity index (χ2v) is 10.6. The van der Waals surface area contributed by atoms with E-state index in [2.05, 4.69) is 9.97 Å². The predicted molar refractivity (Wildman–Crippen MR) is 124 cm³/mol. The van der Waals surface area contributed by atoms with Crippen LogP contribution in [0.4, 0.5) is 5.95 Å². The van der Waals surface area contributed by atoms with Crippen LogP contribution in [0.5, 0.6) is 0 Å². The van der Waals surface area contributed by atoms with E-state index in [1.54, 1.807) is 18.5 Å². The molecular weight excluding hydrogens is 442 g/mol. The molecule has 0 amide bonds. The minimum absolute atomic E-state index is 0.0293. The minimum atomic E-state index is -3.80. The van der Waals surface area contributed by atoms with E-state index in [1.165, 1.54) is 0 Å². The number of piperidine rings is 1. The Morgan fingerprint density at radius 3 is 2.64 bits per heavy atom. The Labute approximate surface area is 193 Å². The first kappa shape index (κ1) is 22.2. The van der Waals surface area contributed by atoms with Gasteiger partial charge in [-0.3, -0.25) is 4.57 Å². The molecule has 2 aliphatic rings. The van der Waals surface area contributed by atoms with Crippen molar-refractivity contribution in [3.05, 3.63) is 42.2 Å². The molecule has 0 spiro atoms. The fraction of sp³-hybridized carbons (Fsp3) is 0.522. The summed E-state index contributed by atoms with van der Waals surface area (Å²) in [5.74, 6) is 0.153. The monoisotopic (exact) mass is 471 g/mol. The van der Waals surface area contributed by atoms with Crippen molar-refractivity contribution in [3.63, 3.8) is 0 Å². The molecule has 9 nitrogen and oxygen atoms in total. The second kappa shape index (κ2) is 9.36. The van der Waals surface area contributed by atoms with E-state index in [9.17, 15) is 13.5 Å². The molecule has 1 N–H and O–H groups in total. The molecule has 2 fully saturated rings. The average molecular weight is 472 g/mol. The Hall–Kier alpha value is -2.56. The highest BCUT2D eigenvalue weighted by Crippen LogP contribution is 2.31. The van der Waals surface area contributed by atoms with Crippen LogP contribution in [0.15, 0.2) is 41.7 Å². The van der Waals surface area contributed by atoms with Gasteiger partial charge in [0.1, 0.15) is 11.7 Å². The van der Waals surface area contributed by atoms with E-state index >= 15 is 0 Å². The van der Waals surface area contributed by atoms with Gasteiger partial charge in [-0.2, -0.15) is 9.97 Å². The Morgan fingerprint density at radius 1 is 1.06 bits per heavy atom. The number of hydrogen-bond donors (Lipinski definition) is 1. The number of aliphatic hydroxyl groups excluding tert-OH is 1. The maximum atomic E-state index is 13.5. The molecule has 2 atom stereocenters. The minimum Gasteiger partial charge on any atom is -0.394 e. The zero-order chi connectivity index (χ0) is 22.8. The quantitative estimate of drug-likeness (QED) is 0.547. The highest BCUT2D eigenvalue weighted by molar-refractivity contribution is 7.90. The normalized spacial score (nSPS) is 22.0. The van der Waals surface area contributed by atoms with Crippen LogP contribution in [0, 0.1) is 0 Å².